The number of nitrogens with two attached hydrogens (primary N) is 1. The van der Waals surface area contributed by atoms with E-state index in [4.69, 9.17) is 5.90 Å². The minimum absolute atomic E-state index is 0. The Morgan fingerprint density at radius 3 is 2.50 bits per heavy atom. The van der Waals surface area contributed by atoms with Crippen LogP contribution in [0.4, 0.5) is 0 Å². The number of aryl methyl sites for hydroxylation is 1. The summed E-state index contributed by atoms with van der Waals surface area (Å²) < 4.78 is 0. The molecule has 14 heavy (non-hydrogen) atoms. The van der Waals surface area contributed by atoms with Gasteiger partial charge in [0, 0.05) is 6.42 Å². The average Bonchev–Trinajstić information content (AvgIpc) is 2.19. The van der Waals surface area contributed by atoms with Gasteiger partial charge in [0.25, 0.3) is 0 Å². The Bertz CT molecular complexity index is 264. The lowest BCUT2D eigenvalue weighted by atomic mass is 10.1. The van der Waals surface area contributed by atoms with E-state index in [1.807, 2.05) is 30.3 Å². The van der Waals surface area contributed by atoms with Crippen LogP contribution in [0.2, 0.25) is 0 Å². The van der Waals surface area contributed by atoms with Crippen LogP contribution in [-0.2, 0) is 16.1 Å². The maximum atomic E-state index is 10.7. The molecule has 1 rings (SSSR count). The zero-order valence-electron chi connectivity index (χ0n) is 7.81. The second-order valence-electron chi connectivity index (χ2n) is 2.83. The Morgan fingerprint density at radius 1 is 1.29 bits per heavy atom. The molecule has 0 atom stereocenters. The lowest BCUT2D eigenvalue weighted by Gasteiger charge is -1.99. The predicted molar refractivity (Wildman–Crippen MR) is 56.9 cm³/mol. The van der Waals surface area contributed by atoms with Crippen molar-refractivity contribution in [3.05, 3.63) is 35.9 Å². The second kappa shape index (κ2) is 7.35. The van der Waals surface area contributed by atoms with Gasteiger partial charge in [-0.3, -0.25) is 4.79 Å². The minimum atomic E-state index is -0.351. The zero-order valence-corrected chi connectivity index (χ0v) is 8.63. The lowest BCUT2D eigenvalue weighted by molar-refractivity contribution is -0.144. The Morgan fingerprint density at radius 2 is 1.93 bits per heavy atom. The number of hydrogen-bond donors (Lipinski definition) is 1. The molecule has 0 unspecified atom stereocenters. The van der Waals surface area contributed by atoms with Crippen molar-refractivity contribution in [1.29, 1.82) is 0 Å². The van der Waals surface area contributed by atoms with E-state index in [0.717, 1.165) is 12.8 Å². The van der Waals surface area contributed by atoms with Crippen molar-refractivity contribution in [2.45, 2.75) is 19.3 Å². The van der Waals surface area contributed by atoms with Crippen LogP contribution >= 0.6 is 12.4 Å². The number of halogens is 1. The van der Waals surface area contributed by atoms with E-state index in [1.165, 1.54) is 5.56 Å². The molecule has 0 radical (unpaired) electrons. The Balaban J connectivity index is 0.00000169. The molecule has 0 spiro atoms. The first kappa shape index (κ1) is 12.9. The van der Waals surface area contributed by atoms with Gasteiger partial charge in [-0.2, -0.15) is 5.90 Å². The summed E-state index contributed by atoms with van der Waals surface area (Å²) in [5.41, 5.74) is 1.23. The summed E-state index contributed by atoms with van der Waals surface area (Å²) in [4.78, 5) is 14.7. The predicted octanol–water partition coefficient (Wildman–Crippen LogP) is 1.85. The number of hydrogen-bond acceptors (Lipinski definition) is 3. The molecule has 0 fully saturated rings. The molecule has 0 aromatic heterocycles. The minimum Gasteiger partial charge on any atom is -0.373 e. The van der Waals surface area contributed by atoms with E-state index in [-0.39, 0.29) is 18.4 Å². The first-order chi connectivity index (χ1) is 6.33. The Kier molecular flexibility index (Phi) is 6.80. The van der Waals surface area contributed by atoms with Gasteiger partial charge >= 0.3 is 5.97 Å². The molecule has 1 aromatic carbocycles. The highest BCUT2D eigenvalue weighted by Gasteiger charge is 2.00. The van der Waals surface area contributed by atoms with Gasteiger partial charge in [-0.25, -0.2) is 0 Å². The third kappa shape index (κ3) is 4.84. The maximum absolute atomic E-state index is 10.7. The summed E-state index contributed by atoms with van der Waals surface area (Å²) in [6, 6.07) is 10.0. The summed E-state index contributed by atoms with van der Waals surface area (Å²) in [5.74, 6) is 4.35. The number of benzene rings is 1. The van der Waals surface area contributed by atoms with Crippen molar-refractivity contribution < 1.29 is 9.63 Å². The van der Waals surface area contributed by atoms with Crippen LogP contribution in [0, 0.1) is 0 Å². The van der Waals surface area contributed by atoms with E-state index >= 15 is 0 Å². The van der Waals surface area contributed by atoms with Crippen molar-refractivity contribution in [2.24, 2.45) is 5.90 Å². The van der Waals surface area contributed by atoms with Crippen LogP contribution in [0.5, 0.6) is 0 Å². The van der Waals surface area contributed by atoms with Crippen molar-refractivity contribution in [2.75, 3.05) is 0 Å². The molecule has 78 valence electrons. The summed E-state index contributed by atoms with van der Waals surface area (Å²) >= 11 is 0. The summed E-state index contributed by atoms with van der Waals surface area (Å²) in [6.45, 7) is 0. The SMILES string of the molecule is Cl.NOC(=O)CCCc1ccccc1. The first-order valence-electron chi connectivity index (χ1n) is 4.26. The van der Waals surface area contributed by atoms with Crippen LogP contribution in [0.1, 0.15) is 18.4 Å². The molecular weight excluding hydrogens is 202 g/mol. The molecule has 0 aliphatic carbocycles. The summed E-state index contributed by atoms with van der Waals surface area (Å²) in [7, 11) is 0. The van der Waals surface area contributed by atoms with E-state index in [9.17, 15) is 4.79 Å². The highest BCUT2D eigenvalue weighted by molar-refractivity contribution is 5.85. The molecule has 1 aromatic rings. The lowest BCUT2D eigenvalue weighted by Crippen LogP contribution is -2.09. The van der Waals surface area contributed by atoms with Gasteiger partial charge in [-0.15, -0.1) is 12.4 Å². The molecule has 4 heteroatoms. The van der Waals surface area contributed by atoms with Crippen molar-refractivity contribution in [3.8, 4) is 0 Å². The Hall–Kier alpha value is -1.06. The molecule has 0 aliphatic heterocycles. The third-order valence-corrected chi connectivity index (χ3v) is 1.82. The molecule has 0 saturated carbocycles. The molecule has 0 bridgehead atoms. The fourth-order valence-corrected chi connectivity index (χ4v) is 1.14. The van der Waals surface area contributed by atoms with Crippen LogP contribution in [0.3, 0.4) is 0 Å². The summed E-state index contributed by atoms with van der Waals surface area (Å²) in [5, 5.41) is 0. The molecule has 0 amide bonds. The monoisotopic (exact) mass is 215 g/mol. The smallest absolute Gasteiger partial charge is 0.324 e. The van der Waals surface area contributed by atoms with E-state index in [0.29, 0.717) is 6.42 Å². The quantitative estimate of drug-likeness (QED) is 0.780. The van der Waals surface area contributed by atoms with Crippen molar-refractivity contribution in [3.63, 3.8) is 0 Å². The first-order valence-corrected chi connectivity index (χ1v) is 4.26. The molecule has 0 aliphatic rings. The van der Waals surface area contributed by atoms with Crippen LogP contribution < -0.4 is 5.90 Å². The van der Waals surface area contributed by atoms with Gasteiger partial charge in [0.05, 0.1) is 0 Å². The van der Waals surface area contributed by atoms with Crippen molar-refractivity contribution >= 4 is 18.4 Å². The maximum Gasteiger partial charge on any atom is 0.324 e. The fraction of sp³-hybridized carbons (Fsp3) is 0.300. The second-order valence-corrected chi connectivity index (χ2v) is 2.83. The molecule has 0 saturated heterocycles. The highest BCUT2D eigenvalue weighted by Crippen LogP contribution is 2.04. The van der Waals surface area contributed by atoms with E-state index in [1.54, 1.807) is 0 Å². The average molecular weight is 216 g/mol. The molecule has 3 nitrogen and oxygen atoms in total. The topological polar surface area (TPSA) is 52.3 Å². The molecule has 0 heterocycles. The number of carbonyl (C=O) groups excluding carboxylic acids is 1. The van der Waals surface area contributed by atoms with Crippen molar-refractivity contribution in [1.82, 2.24) is 0 Å². The summed E-state index contributed by atoms with van der Waals surface area (Å²) in [6.07, 6.45) is 2.04. The van der Waals surface area contributed by atoms with Crippen LogP contribution in [0.15, 0.2) is 30.3 Å². The van der Waals surface area contributed by atoms with E-state index in [2.05, 4.69) is 4.84 Å². The fourth-order valence-electron chi connectivity index (χ4n) is 1.14. The van der Waals surface area contributed by atoms with Gasteiger partial charge in [0.1, 0.15) is 0 Å². The molecular formula is C10H14ClNO2. The van der Waals surface area contributed by atoms with Gasteiger partial charge in [0.2, 0.25) is 0 Å². The van der Waals surface area contributed by atoms with Crippen LogP contribution in [-0.4, -0.2) is 5.97 Å². The number of carbonyl (C=O) groups is 1. The largest absolute Gasteiger partial charge is 0.373 e. The van der Waals surface area contributed by atoms with Gasteiger partial charge in [0.15, 0.2) is 0 Å². The normalized spacial score (nSPS) is 8.93. The van der Waals surface area contributed by atoms with E-state index < -0.39 is 0 Å². The Labute approximate surface area is 89.6 Å². The van der Waals surface area contributed by atoms with Gasteiger partial charge < -0.3 is 4.84 Å². The van der Waals surface area contributed by atoms with Gasteiger partial charge in [-0.05, 0) is 18.4 Å². The van der Waals surface area contributed by atoms with Crippen LogP contribution in [0.25, 0.3) is 0 Å². The number of rotatable bonds is 4. The molecule has 2 N–H and O–H groups in total. The third-order valence-electron chi connectivity index (χ3n) is 1.82. The standard InChI is InChI=1S/C10H13NO2.ClH/c11-13-10(12)8-4-7-9-5-2-1-3-6-9;/h1-3,5-6H,4,7-8,11H2;1H. The zero-order chi connectivity index (χ0) is 9.52. The highest BCUT2D eigenvalue weighted by atomic mass is 35.5. The van der Waals surface area contributed by atoms with Gasteiger partial charge in [-0.1, -0.05) is 30.3 Å².